The van der Waals surface area contributed by atoms with Crippen LogP contribution in [0.4, 0.5) is 0 Å². The van der Waals surface area contributed by atoms with Crippen molar-refractivity contribution in [1.82, 2.24) is 4.90 Å². The number of benzene rings is 1. The maximum atomic E-state index is 13.4. The van der Waals surface area contributed by atoms with Gasteiger partial charge in [-0.25, -0.2) is 0 Å². The SMILES string of the molecule is O=C(c1csc2c1CCCC2)N1CCO[C@H](CO)[C@H]1c1ccccc1. The summed E-state index contributed by atoms with van der Waals surface area (Å²) in [5.74, 6) is 0.0787. The number of fused-ring (bicyclic) bond motifs is 1. The number of rotatable bonds is 3. The fraction of sp³-hybridized carbons (Fsp3) is 0.450. The molecule has 0 radical (unpaired) electrons. The second-order valence-corrected chi connectivity index (χ2v) is 7.67. The van der Waals surface area contributed by atoms with E-state index in [1.54, 1.807) is 11.3 Å². The molecule has 0 bridgehead atoms. The first-order valence-corrected chi connectivity index (χ1v) is 9.85. The van der Waals surface area contributed by atoms with Crippen LogP contribution < -0.4 is 0 Å². The Morgan fingerprint density at radius 2 is 2.04 bits per heavy atom. The number of nitrogens with zero attached hydrogens (tertiary/aromatic N) is 1. The van der Waals surface area contributed by atoms with Crippen molar-refractivity contribution >= 4 is 17.2 Å². The number of ether oxygens (including phenoxy) is 1. The number of aryl methyl sites for hydroxylation is 1. The molecule has 0 unspecified atom stereocenters. The molecule has 2 aromatic rings. The molecule has 1 amide bonds. The van der Waals surface area contributed by atoms with Crippen molar-refractivity contribution in [3.63, 3.8) is 0 Å². The first-order valence-electron chi connectivity index (χ1n) is 8.97. The van der Waals surface area contributed by atoms with Gasteiger partial charge in [0.15, 0.2) is 0 Å². The highest BCUT2D eigenvalue weighted by molar-refractivity contribution is 7.10. The summed E-state index contributed by atoms with van der Waals surface area (Å²) in [4.78, 5) is 16.6. The van der Waals surface area contributed by atoms with Gasteiger partial charge in [-0.2, -0.15) is 0 Å². The highest BCUT2D eigenvalue weighted by Gasteiger charge is 2.37. The van der Waals surface area contributed by atoms with E-state index >= 15 is 0 Å². The highest BCUT2D eigenvalue weighted by Crippen LogP contribution is 2.35. The molecule has 4 nitrogen and oxygen atoms in total. The van der Waals surface area contributed by atoms with Gasteiger partial charge in [0.25, 0.3) is 5.91 Å². The topological polar surface area (TPSA) is 49.8 Å². The van der Waals surface area contributed by atoms with Gasteiger partial charge in [-0.05, 0) is 36.8 Å². The molecule has 1 aromatic carbocycles. The van der Waals surface area contributed by atoms with Crippen LogP contribution in [0.1, 0.15) is 45.2 Å². The minimum Gasteiger partial charge on any atom is -0.394 e. The van der Waals surface area contributed by atoms with Gasteiger partial charge < -0.3 is 14.7 Å². The highest BCUT2D eigenvalue weighted by atomic mass is 32.1. The van der Waals surface area contributed by atoms with Crippen LogP contribution in [0.5, 0.6) is 0 Å². The van der Waals surface area contributed by atoms with E-state index in [1.807, 2.05) is 40.6 Å². The van der Waals surface area contributed by atoms with Gasteiger partial charge >= 0.3 is 0 Å². The van der Waals surface area contributed by atoms with Crippen molar-refractivity contribution in [2.24, 2.45) is 0 Å². The molecule has 0 spiro atoms. The number of thiophene rings is 1. The summed E-state index contributed by atoms with van der Waals surface area (Å²) in [6, 6.07) is 9.66. The van der Waals surface area contributed by atoms with Crippen LogP contribution in [-0.4, -0.2) is 41.8 Å². The molecule has 5 heteroatoms. The smallest absolute Gasteiger partial charge is 0.255 e. The second-order valence-electron chi connectivity index (χ2n) is 6.70. The summed E-state index contributed by atoms with van der Waals surface area (Å²) in [7, 11) is 0. The normalized spacial score (nSPS) is 23.3. The Labute approximate surface area is 152 Å². The number of hydrogen-bond donors (Lipinski definition) is 1. The molecule has 2 atom stereocenters. The van der Waals surface area contributed by atoms with Crippen LogP contribution in [-0.2, 0) is 17.6 Å². The van der Waals surface area contributed by atoms with Crippen molar-refractivity contribution in [2.45, 2.75) is 37.8 Å². The van der Waals surface area contributed by atoms with Crippen LogP contribution in [0.3, 0.4) is 0 Å². The molecule has 1 N–H and O–H groups in total. The average Bonchev–Trinajstić information content (AvgIpc) is 3.11. The number of aliphatic hydroxyl groups is 1. The number of aliphatic hydroxyl groups excluding tert-OH is 1. The van der Waals surface area contributed by atoms with E-state index in [1.165, 1.54) is 16.9 Å². The first-order chi connectivity index (χ1) is 12.3. The molecule has 2 heterocycles. The van der Waals surface area contributed by atoms with Crippen LogP contribution in [0.25, 0.3) is 0 Å². The molecule has 132 valence electrons. The minimum absolute atomic E-state index is 0.0787. The van der Waals surface area contributed by atoms with Crippen molar-refractivity contribution in [1.29, 1.82) is 0 Å². The number of amides is 1. The summed E-state index contributed by atoms with van der Waals surface area (Å²) >= 11 is 1.72. The Balaban J connectivity index is 1.69. The predicted molar refractivity (Wildman–Crippen MR) is 98.0 cm³/mol. The zero-order chi connectivity index (χ0) is 17.2. The van der Waals surface area contributed by atoms with Gasteiger partial charge in [-0.3, -0.25) is 4.79 Å². The van der Waals surface area contributed by atoms with Gasteiger partial charge in [0.1, 0.15) is 6.10 Å². The lowest BCUT2D eigenvalue weighted by molar-refractivity contribution is -0.0811. The zero-order valence-electron chi connectivity index (χ0n) is 14.2. The van der Waals surface area contributed by atoms with Gasteiger partial charge in [0, 0.05) is 16.8 Å². The van der Waals surface area contributed by atoms with Gasteiger partial charge in [0.2, 0.25) is 0 Å². The lowest BCUT2D eigenvalue weighted by atomic mass is 9.93. The fourth-order valence-corrected chi connectivity index (χ4v) is 5.11. The van der Waals surface area contributed by atoms with E-state index in [2.05, 4.69) is 0 Å². The monoisotopic (exact) mass is 357 g/mol. The zero-order valence-corrected chi connectivity index (χ0v) is 15.0. The third-order valence-electron chi connectivity index (χ3n) is 5.23. The van der Waals surface area contributed by atoms with Gasteiger partial charge in [0.05, 0.1) is 24.8 Å². The molecule has 1 aliphatic heterocycles. The largest absolute Gasteiger partial charge is 0.394 e. The molecule has 1 aliphatic carbocycles. The number of carbonyl (C=O) groups is 1. The first kappa shape index (κ1) is 16.8. The summed E-state index contributed by atoms with van der Waals surface area (Å²) in [5, 5.41) is 11.8. The van der Waals surface area contributed by atoms with Crippen molar-refractivity contribution < 1.29 is 14.6 Å². The molecular weight excluding hydrogens is 334 g/mol. The number of carbonyl (C=O) groups excluding carboxylic acids is 1. The van der Waals surface area contributed by atoms with Gasteiger partial charge in [-0.1, -0.05) is 30.3 Å². The third-order valence-corrected chi connectivity index (χ3v) is 6.31. The lowest BCUT2D eigenvalue weighted by Gasteiger charge is -2.41. The summed E-state index contributed by atoms with van der Waals surface area (Å²) in [5.41, 5.74) is 3.12. The molecule has 4 rings (SSSR count). The van der Waals surface area contributed by atoms with E-state index in [0.717, 1.165) is 30.4 Å². The van der Waals surface area contributed by atoms with Crippen molar-refractivity contribution in [2.75, 3.05) is 19.8 Å². The maximum absolute atomic E-state index is 13.4. The minimum atomic E-state index is -0.380. The molecule has 25 heavy (non-hydrogen) atoms. The quantitative estimate of drug-likeness (QED) is 0.918. The van der Waals surface area contributed by atoms with Crippen LogP contribution in [0.2, 0.25) is 0 Å². The van der Waals surface area contributed by atoms with E-state index < -0.39 is 0 Å². The molecule has 0 saturated carbocycles. The maximum Gasteiger partial charge on any atom is 0.255 e. The van der Waals surface area contributed by atoms with E-state index in [0.29, 0.717) is 13.2 Å². The van der Waals surface area contributed by atoms with Crippen LogP contribution in [0.15, 0.2) is 35.7 Å². The van der Waals surface area contributed by atoms with Gasteiger partial charge in [-0.15, -0.1) is 11.3 Å². The molecule has 1 fully saturated rings. The van der Waals surface area contributed by atoms with Crippen molar-refractivity contribution in [3.05, 3.63) is 57.3 Å². The molecule has 1 aromatic heterocycles. The Hall–Kier alpha value is -1.69. The summed E-state index contributed by atoms with van der Waals surface area (Å²) in [6.07, 6.45) is 4.10. The summed E-state index contributed by atoms with van der Waals surface area (Å²) < 4.78 is 5.76. The molecular formula is C20H23NO3S. The number of hydrogen-bond acceptors (Lipinski definition) is 4. The second kappa shape index (κ2) is 7.28. The summed E-state index contributed by atoms with van der Waals surface area (Å²) in [6.45, 7) is 0.928. The Kier molecular flexibility index (Phi) is 4.88. The third kappa shape index (κ3) is 3.12. The Morgan fingerprint density at radius 3 is 2.84 bits per heavy atom. The Morgan fingerprint density at radius 1 is 1.24 bits per heavy atom. The van der Waals surface area contributed by atoms with Crippen molar-refractivity contribution in [3.8, 4) is 0 Å². The van der Waals surface area contributed by atoms with E-state index in [-0.39, 0.29) is 24.7 Å². The molecule has 1 saturated heterocycles. The average molecular weight is 357 g/mol. The van der Waals surface area contributed by atoms with Crippen LogP contribution in [0, 0.1) is 0 Å². The Bertz CT molecular complexity index is 743. The van der Waals surface area contributed by atoms with E-state index in [4.69, 9.17) is 4.74 Å². The fourth-order valence-electron chi connectivity index (χ4n) is 3.99. The van der Waals surface area contributed by atoms with E-state index in [9.17, 15) is 9.90 Å². The van der Waals surface area contributed by atoms with Crippen LogP contribution >= 0.6 is 11.3 Å². The standard InChI is InChI=1S/C20H23NO3S/c22-12-17-19(14-6-2-1-3-7-14)21(10-11-24-17)20(23)16-13-25-18-9-5-4-8-15(16)18/h1-3,6-7,13,17,19,22H,4-5,8-12H2/t17-,19-/m1/s1. The lowest BCUT2D eigenvalue weighted by Crippen LogP contribution is -2.49. The predicted octanol–water partition coefficient (Wildman–Crippen LogP) is 3.20. The molecule has 2 aliphatic rings. The number of morpholine rings is 1.